The quantitative estimate of drug-likeness (QED) is 0.699. The summed E-state index contributed by atoms with van der Waals surface area (Å²) in [5.41, 5.74) is 1.09. The van der Waals surface area contributed by atoms with Crippen molar-refractivity contribution in [2.75, 3.05) is 13.1 Å². The van der Waals surface area contributed by atoms with Crippen molar-refractivity contribution in [1.29, 1.82) is 0 Å². The van der Waals surface area contributed by atoms with E-state index >= 15 is 0 Å². The van der Waals surface area contributed by atoms with Crippen LogP contribution in [0, 0.1) is 11.8 Å². The Hall–Kier alpha value is -2.35. The van der Waals surface area contributed by atoms with E-state index in [0.717, 1.165) is 29.7 Å². The molecule has 0 aliphatic carbocycles. The average Bonchev–Trinajstić information content (AvgIpc) is 2.99. The van der Waals surface area contributed by atoms with E-state index in [9.17, 15) is 19.5 Å². The predicted molar refractivity (Wildman–Crippen MR) is 113 cm³/mol. The molecule has 0 saturated carbocycles. The highest BCUT2D eigenvalue weighted by Gasteiger charge is 2.57. The molecule has 7 nitrogen and oxygen atoms in total. The Morgan fingerprint density at radius 2 is 2.03 bits per heavy atom. The third-order valence-electron chi connectivity index (χ3n) is 6.47. The van der Waals surface area contributed by atoms with Gasteiger partial charge in [-0.05, 0) is 30.9 Å². The van der Waals surface area contributed by atoms with Crippen LogP contribution in [0.15, 0.2) is 35.1 Å². The van der Waals surface area contributed by atoms with Crippen molar-refractivity contribution in [3.05, 3.63) is 40.7 Å². The largest absolute Gasteiger partial charge is 0.477 e. The molecule has 1 N–H and O–H groups in total. The number of likely N-dealkylation sites (tertiary alicyclic amines) is 1. The number of pyridine rings is 1. The van der Waals surface area contributed by atoms with E-state index < -0.39 is 5.97 Å². The van der Waals surface area contributed by atoms with Crippen molar-refractivity contribution >= 4 is 29.5 Å². The van der Waals surface area contributed by atoms with Crippen molar-refractivity contribution < 1.29 is 19.5 Å². The molecular formula is C22H27N3O4S. The number of carboxylic acid groups (broad SMARTS) is 1. The number of fused-ring (bicyclic) bond motifs is 1. The van der Waals surface area contributed by atoms with Gasteiger partial charge in [0.05, 0.1) is 18.4 Å². The van der Waals surface area contributed by atoms with Gasteiger partial charge >= 0.3 is 5.97 Å². The highest BCUT2D eigenvalue weighted by molar-refractivity contribution is 8.03. The van der Waals surface area contributed by atoms with Gasteiger partial charge in [-0.1, -0.05) is 19.9 Å². The van der Waals surface area contributed by atoms with E-state index in [1.54, 1.807) is 24.2 Å². The fraction of sp³-hybridized carbons (Fsp3) is 0.545. The van der Waals surface area contributed by atoms with Crippen molar-refractivity contribution in [2.45, 2.75) is 50.8 Å². The van der Waals surface area contributed by atoms with Crippen LogP contribution < -0.4 is 0 Å². The van der Waals surface area contributed by atoms with Gasteiger partial charge in [0.2, 0.25) is 11.8 Å². The lowest BCUT2D eigenvalue weighted by Gasteiger charge is -2.44. The molecule has 1 aromatic heterocycles. The topological polar surface area (TPSA) is 90.8 Å². The molecule has 0 radical (unpaired) electrons. The lowest BCUT2D eigenvalue weighted by molar-refractivity contribution is -0.156. The molecule has 0 bridgehead atoms. The first-order chi connectivity index (χ1) is 14.4. The maximum absolute atomic E-state index is 12.6. The molecule has 0 spiro atoms. The van der Waals surface area contributed by atoms with Gasteiger partial charge < -0.3 is 14.9 Å². The summed E-state index contributed by atoms with van der Waals surface area (Å²) < 4.78 is 0. The highest BCUT2D eigenvalue weighted by Crippen LogP contribution is 2.51. The molecule has 30 heavy (non-hydrogen) atoms. The van der Waals surface area contributed by atoms with Crippen molar-refractivity contribution in [1.82, 2.24) is 14.8 Å². The molecular weight excluding hydrogens is 402 g/mol. The molecule has 160 valence electrons. The zero-order chi connectivity index (χ0) is 21.4. The Morgan fingerprint density at radius 1 is 1.30 bits per heavy atom. The van der Waals surface area contributed by atoms with E-state index in [-0.39, 0.29) is 40.6 Å². The molecule has 2 fully saturated rings. The minimum Gasteiger partial charge on any atom is -0.477 e. The normalized spacial score (nSPS) is 26.6. The van der Waals surface area contributed by atoms with E-state index in [1.807, 2.05) is 30.9 Å². The highest BCUT2D eigenvalue weighted by atomic mass is 32.2. The van der Waals surface area contributed by atoms with E-state index in [2.05, 4.69) is 4.98 Å². The minimum absolute atomic E-state index is 0.0164. The Morgan fingerprint density at radius 3 is 2.63 bits per heavy atom. The molecule has 8 heteroatoms. The SMILES string of the molecule is CCC1C(=O)N2C(C(=O)O)=C(SC3CCN(C(=O)Cc4cccnc4)CC3)C(C)C12. The zero-order valence-electron chi connectivity index (χ0n) is 17.3. The minimum atomic E-state index is -1.01. The molecule has 1 aromatic rings. The van der Waals surface area contributed by atoms with Crippen molar-refractivity contribution in [3.63, 3.8) is 0 Å². The Balaban J connectivity index is 1.38. The third kappa shape index (κ3) is 3.62. The molecule has 3 aliphatic rings. The number of β-lactam (4-membered cyclic amide) rings is 1. The first-order valence-electron chi connectivity index (χ1n) is 10.6. The van der Waals surface area contributed by atoms with Crippen LogP contribution in [0.1, 0.15) is 38.7 Å². The molecule has 4 heterocycles. The van der Waals surface area contributed by atoms with Gasteiger partial charge in [0.1, 0.15) is 5.70 Å². The summed E-state index contributed by atoms with van der Waals surface area (Å²) in [5, 5.41) is 10.0. The number of carbonyl (C=O) groups is 3. The van der Waals surface area contributed by atoms with E-state index in [4.69, 9.17) is 0 Å². The zero-order valence-corrected chi connectivity index (χ0v) is 18.1. The number of carbonyl (C=O) groups excluding carboxylic acids is 2. The van der Waals surface area contributed by atoms with Crippen LogP contribution in [0.5, 0.6) is 0 Å². The van der Waals surface area contributed by atoms with E-state index in [0.29, 0.717) is 19.5 Å². The molecule has 3 aliphatic heterocycles. The van der Waals surface area contributed by atoms with Gasteiger partial charge in [-0.25, -0.2) is 4.79 Å². The first kappa shape index (κ1) is 20.9. The van der Waals surface area contributed by atoms with Gasteiger partial charge in [-0.2, -0.15) is 0 Å². The number of aromatic nitrogens is 1. The van der Waals surface area contributed by atoms with E-state index in [1.165, 1.54) is 4.90 Å². The van der Waals surface area contributed by atoms with Crippen LogP contribution in [-0.2, 0) is 20.8 Å². The predicted octanol–water partition coefficient (Wildman–Crippen LogP) is 2.53. The lowest BCUT2D eigenvalue weighted by Crippen LogP contribution is -2.60. The summed E-state index contributed by atoms with van der Waals surface area (Å²) in [6.07, 6.45) is 6.15. The molecule has 4 rings (SSSR count). The molecule has 2 amide bonds. The fourth-order valence-corrected chi connectivity index (χ4v) is 6.33. The Bertz CT molecular complexity index is 880. The second-order valence-electron chi connectivity index (χ2n) is 8.26. The summed E-state index contributed by atoms with van der Waals surface area (Å²) in [5.74, 6) is -0.989. The molecule has 0 aromatic carbocycles. The van der Waals surface area contributed by atoms with Gasteiger partial charge in [-0.3, -0.25) is 14.6 Å². The number of hydrogen-bond acceptors (Lipinski definition) is 5. The number of rotatable bonds is 6. The summed E-state index contributed by atoms with van der Waals surface area (Å²) >= 11 is 1.61. The molecule has 2 saturated heterocycles. The number of amides is 2. The van der Waals surface area contributed by atoms with Crippen molar-refractivity contribution in [2.24, 2.45) is 11.8 Å². The van der Waals surface area contributed by atoms with Crippen LogP contribution in [-0.4, -0.2) is 62.1 Å². The number of nitrogens with zero attached hydrogens (tertiary/aromatic N) is 3. The maximum atomic E-state index is 12.6. The smallest absolute Gasteiger partial charge is 0.353 e. The van der Waals surface area contributed by atoms with Crippen molar-refractivity contribution in [3.8, 4) is 0 Å². The van der Waals surface area contributed by atoms with Gasteiger partial charge in [0.15, 0.2) is 0 Å². The fourth-order valence-electron chi connectivity index (χ4n) is 4.87. The van der Waals surface area contributed by atoms with Gasteiger partial charge in [0.25, 0.3) is 0 Å². The summed E-state index contributed by atoms with van der Waals surface area (Å²) in [4.78, 5) is 45.2. The number of aliphatic carboxylic acids is 1. The van der Waals surface area contributed by atoms with Crippen LogP contribution in [0.3, 0.4) is 0 Å². The number of hydrogen-bond donors (Lipinski definition) is 1. The van der Waals surface area contributed by atoms with Gasteiger partial charge in [-0.15, -0.1) is 11.8 Å². The Kier molecular flexibility index (Phi) is 5.86. The first-order valence-corrected chi connectivity index (χ1v) is 11.4. The number of carboxylic acids is 1. The second-order valence-corrected chi connectivity index (χ2v) is 9.60. The second kappa shape index (κ2) is 8.41. The summed E-state index contributed by atoms with van der Waals surface area (Å²) in [6, 6.07) is 3.72. The van der Waals surface area contributed by atoms with Crippen LogP contribution in [0.2, 0.25) is 0 Å². The Labute approximate surface area is 180 Å². The summed E-state index contributed by atoms with van der Waals surface area (Å²) in [6.45, 7) is 5.36. The third-order valence-corrected chi connectivity index (χ3v) is 8.10. The standard InChI is InChI=1S/C22H27N3O4S/c1-3-16-18-13(2)20(19(22(28)29)25(18)21(16)27)30-15-6-9-24(10-7-15)17(26)11-14-5-4-8-23-12-14/h4-5,8,12-13,15-16,18H,3,6-7,9-11H2,1-2H3,(H,28,29). The van der Waals surface area contributed by atoms with Crippen LogP contribution in [0.4, 0.5) is 0 Å². The summed E-state index contributed by atoms with van der Waals surface area (Å²) in [7, 11) is 0. The monoisotopic (exact) mass is 429 g/mol. The maximum Gasteiger partial charge on any atom is 0.353 e. The molecule has 3 atom stereocenters. The van der Waals surface area contributed by atoms with Gasteiger partial charge in [0, 0.05) is 41.6 Å². The number of thioether (sulfide) groups is 1. The van der Waals surface area contributed by atoms with Crippen LogP contribution >= 0.6 is 11.8 Å². The molecule has 3 unspecified atom stereocenters. The van der Waals surface area contributed by atoms with Crippen LogP contribution in [0.25, 0.3) is 0 Å². The lowest BCUT2D eigenvalue weighted by atomic mass is 9.81. The average molecular weight is 430 g/mol. The number of piperidine rings is 1.